The van der Waals surface area contributed by atoms with E-state index in [1.165, 1.54) is 0 Å². The van der Waals surface area contributed by atoms with E-state index in [2.05, 4.69) is 5.18 Å². The molecule has 0 N–H and O–H groups in total. The molecular formula is C7H3F4NO. The normalized spacial score (nSPS) is 10.2. The summed E-state index contributed by atoms with van der Waals surface area (Å²) in [7, 11) is 0. The smallest absolute Gasteiger partial charge is 0.167 e. The average Bonchev–Trinajstić information content (AvgIpc) is 2.09. The van der Waals surface area contributed by atoms with E-state index in [4.69, 9.17) is 0 Å². The van der Waals surface area contributed by atoms with Gasteiger partial charge in [0, 0.05) is 6.07 Å². The van der Waals surface area contributed by atoms with E-state index in [1.54, 1.807) is 0 Å². The molecule has 0 saturated carbocycles. The van der Waals surface area contributed by atoms with Gasteiger partial charge in [0.05, 0.1) is 5.56 Å². The van der Waals surface area contributed by atoms with Gasteiger partial charge >= 0.3 is 0 Å². The van der Waals surface area contributed by atoms with Gasteiger partial charge in [-0.1, -0.05) is 5.18 Å². The van der Waals surface area contributed by atoms with Gasteiger partial charge in [-0.25, -0.2) is 17.6 Å². The van der Waals surface area contributed by atoms with Crippen molar-refractivity contribution in [2.75, 3.05) is 0 Å². The molecule has 1 rings (SSSR count). The van der Waals surface area contributed by atoms with Crippen LogP contribution in [0.15, 0.2) is 11.2 Å². The van der Waals surface area contributed by atoms with Gasteiger partial charge < -0.3 is 0 Å². The van der Waals surface area contributed by atoms with E-state index in [1.807, 2.05) is 0 Å². The van der Waals surface area contributed by atoms with Crippen LogP contribution in [-0.4, -0.2) is 0 Å². The van der Waals surface area contributed by atoms with Gasteiger partial charge in [0.2, 0.25) is 0 Å². The highest BCUT2D eigenvalue weighted by Crippen LogP contribution is 2.19. The maximum Gasteiger partial charge on any atom is 0.167 e. The molecule has 1 aromatic carbocycles. The number of hydrogen-bond donors (Lipinski definition) is 0. The Kier molecular flexibility index (Phi) is 2.60. The van der Waals surface area contributed by atoms with Gasteiger partial charge in [0.15, 0.2) is 23.3 Å². The zero-order chi connectivity index (χ0) is 10.0. The van der Waals surface area contributed by atoms with Crippen LogP contribution in [0.25, 0.3) is 0 Å². The lowest BCUT2D eigenvalue weighted by molar-refractivity contribution is 0.439. The molecular weight excluding hydrogens is 190 g/mol. The van der Waals surface area contributed by atoms with Crippen molar-refractivity contribution >= 4 is 0 Å². The van der Waals surface area contributed by atoms with Crippen LogP contribution < -0.4 is 0 Å². The van der Waals surface area contributed by atoms with Crippen molar-refractivity contribution in [3.05, 3.63) is 39.8 Å². The summed E-state index contributed by atoms with van der Waals surface area (Å²) < 4.78 is 50.1. The van der Waals surface area contributed by atoms with E-state index in [9.17, 15) is 22.5 Å². The molecule has 0 spiro atoms. The summed E-state index contributed by atoms with van der Waals surface area (Å²) in [5.74, 6) is -6.26. The van der Waals surface area contributed by atoms with Crippen molar-refractivity contribution in [1.82, 2.24) is 0 Å². The molecule has 0 bridgehead atoms. The molecule has 0 radical (unpaired) electrons. The van der Waals surface area contributed by atoms with Crippen LogP contribution in [0.2, 0.25) is 0 Å². The molecule has 0 aromatic heterocycles. The molecule has 0 aliphatic rings. The minimum Gasteiger partial charge on any atom is -0.204 e. The summed E-state index contributed by atoms with van der Waals surface area (Å²) >= 11 is 0. The van der Waals surface area contributed by atoms with Crippen molar-refractivity contribution in [2.45, 2.75) is 6.54 Å². The zero-order valence-corrected chi connectivity index (χ0v) is 6.15. The molecule has 1 aromatic rings. The summed E-state index contributed by atoms with van der Waals surface area (Å²) in [4.78, 5) is 9.67. The van der Waals surface area contributed by atoms with Crippen LogP contribution in [0.1, 0.15) is 5.56 Å². The third kappa shape index (κ3) is 1.66. The predicted molar refractivity (Wildman–Crippen MR) is 35.8 cm³/mol. The van der Waals surface area contributed by atoms with Gasteiger partial charge in [0.1, 0.15) is 6.54 Å². The molecule has 0 fully saturated rings. The second kappa shape index (κ2) is 3.51. The SMILES string of the molecule is O=NCc1c(F)c(F)cc(F)c1F. The first-order valence-corrected chi connectivity index (χ1v) is 3.19. The Balaban J connectivity index is 3.36. The third-order valence-electron chi connectivity index (χ3n) is 1.43. The summed E-state index contributed by atoms with van der Waals surface area (Å²) in [5, 5.41) is 2.15. The Morgan fingerprint density at radius 1 is 1.08 bits per heavy atom. The number of hydrogen-bond acceptors (Lipinski definition) is 2. The first-order chi connectivity index (χ1) is 6.07. The maximum atomic E-state index is 12.6. The summed E-state index contributed by atoms with van der Waals surface area (Å²) in [6.45, 7) is -0.938. The van der Waals surface area contributed by atoms with E-state index in [-0.39, 0.29) is 6.07 Å². The number of halogens is 4. The number of nitrogens with zero attached hydrogens (tertiary/aromatic N) is 1. The van der Waals surface area contributed by atoms with Crippen molar-refractivity contribution in [1.29, 1.82) is 0 Å². The molecule has 2 nitrogen and oxygen atoms in total. The molecule has 0 heterocycles. The molecule has 0 aliphatic carbocycles. The zero-order valence-electron chi connectivity index (χ0n) is 6.15. The Hall–Kier alpha value is -1.46. The number of benzene rings is 1. The van der Waals surface area contributed by atoms with Crippen LogP contribution in [0.4, 0.5) is 17.6 Å². The van der Waals surface area contributed by atoms with E-state index in [0.29, 0.717) is 0 Å². The molecule has 70 valence electrons. The van der Waals surface area contributed by atoms with Gasteiger partial charge in [-0.15, -0.1) is 0 Å². The highest BCUT2D eigenvalue weighted by molar-refractivity contribution is 5.22. The van der Waals surface area contributed by atoms with Crippen LogP contribution in [-0.2, 0) is 6.54 Å². The standard InChI is InChI=1S/C7H3F4NO/c8-4-1-5(9)7(11)3(2-12-13)6(4)10/h1H,2H2. The first-order valence-electron chi connectivity index (χ1n) is 3.19. The number of nitroso groups, excluding NO2 is 1. The van der Waals surface area contributed by atoms with Gasteiger partial charge in [0.25, 0.3) is 0 Å². The van der Waals surface area contributed by atoms with E-state index >= 15 is 0 Å². The fraction of sp³-hybridized carbons (Fsp3) is 0.143. The second-order valence-electron chi connectivity index (χ2n) is 2.23. The van der Waals surface area contributed by atoms with Gasteiger partial charge in [-0.2, -0.15) is 4.91 Å². The van der Waals surface area contributed by atoms with Crippen molar-refractivity contribution < 1.29 is 17.6 Å². The minimum atomic E-state index is -1.58. The van der Waals surface area contributed by atoms with Crippen LogP contribution >= 0.6 is 0 Å². The Morgan fingerprint density at radius 3 is 1.92 bits per heavy atom. The van der Waals surface area contributed by atoms with Crippen molar-refractivity contribution in [3.63, 3.8) is 0 Å². The molecule has 6 heteroatoms. The fourth-order valence-corrected chi connectivity index (χ4v) is 0.826. The average molecular weight is 193 g/mol. The molecule has 13 heavy (non-hydrogen) atoms. The van der Waals surface area contributed by atoms with Crippen molar-refractivity contribution in [3.8, 4) is 0 Å². The topological polar surface area (TPSA) is 29.4 Å². The summed E-state index contributed by atoms with van der Waals surface area (Å²) in [6, 6.07) is 0.0684. The van der Waals surface area contributed by atoms with Gasteiger partial charge in [-0.3, -0.25) is 0 Å². The monoisotopic (exact) mass is 193 g/mol. The van der Waals surface area contributed by atoms with Crippen molar-refractivity contribution in [2.24, 2.45) is 5.18 Å². The van der Waals surface area contributed by atoms with E-state index < -0.39 is 35.4 Å². The Morgan fingerprint density at radius 2 is 1.54 bits per heavy atom. The highest BCUT2D eigenvalue weighted by Gasteiger charge is 2.18. The molecule has 0 saturated heterocycles. The Labute approximate surface area is 70.2 Å². The first kappa shape index (κ1) is 9.63. The quantitative estimate of drug-likeness (QED) is 0.403. The molecule has 0 atom stereocenters. The van der Waals surface area contributed by atoms with Crippen LogP contribution in [0.3, 0.4) is 0 Å². The summed E-state index contributed by atoms with van der Waals surface area (Å²) in [6.07, 6.45) is 0. The van der Waals surface area contributed by atoms with Crippen LogP contribution in [0, 0.1) is 28.2 Å². The highest BCUT2D eigenvalue weighted by atomic mass is 19.2. The lowest BCUT2D eigenvalue weighted by Gasteiger charge is -2.01. The van der Waals surface area contributed by atoms with Gasteiger partial charge in [-0.05, 0) is 0 Å². The van der Waals surface area contributed by atoms with E-state index in [0.717, 1.165) is 0 Å². The second-order valence-corrected chi connectivity index (χ2v) is 2.23. The maximum absolute atomic E-state index is 12.6. The molecule has 0 unspecified atom stereocenters. The molecule has 0 aliphatic heterocycles. The third-order valence-corrected chi connectivity index (χ3v) is 1.43. The minimum absolute atomic E-state index is 0.0684. The fourth-order valence-electron chi connectivity index (χ4n) is 0.826. The Bertz CT molecular complexity index is 327. The molecule has 0 amide bonds. The largest absolute Gasteiger partial charge is 0.204 e. The lowest BCUT2D eigenvalue weighted by atomic mass is 10.2. The lowest BCUT2D eigenvalue weighted by Crippen LogP contribution is -2.01. The predicted octanol–water partition coefficient (Wildman–Crippen LogP) is 2.51. The number of rotatable bonds is 2. The summed E-state index contributed by atoms with van der Waals surface area (Å²) in [5.41, 5.74) is -0.993. The van der Waals surface area contributed by atoms with Crippen LogP contribution in [0.5, 0.6) is 0 Å².